The molecule has 2 aromatic carbocycles. The second kappa shape index (κ2) is 9.39. The second-order valence-electron chi connectivity index (χ2n) is 7.04. The van der Waals surface area contributed by atoms with Crippen molar-refractivity contribution in [1.82, 2.24) is 15.2 Å². The Bertz CT molecular complexity index is 954. The molecule has 0 saturated carbocycles. The van der Waals surface area contributed by atoms with Crippen LogP contribution in [0.1, 0.15) is 21.1 Å². The number of halogens is 1. The van der Waals surface area contributed by atoms with E-state index < -0.39 is 0 Å². The SMILES string of the molecule is O=C(NCc1ccccc1)c1csc(CN2CCN(c3cccc(Cl)c3)CC2)n1. The molecule has 5 nitrogen and oxygen atoms in total. The lowest BCUT2D eigenvalue weighted by Crippen LogP contribution is -2.45. The van der Waals surface area contributed by atoms with E-state index in [4.69, 9.17) is 11.6 Å². The van der Waals surface area contributed by atoms with Gasteiger partial charge in [-0.3, -0.25) is 9.69 Å². The van der Waals surface area contributed by atoms with Crippen LogP contribution in [-0.2, 0) is 13.1 Å². The first-order valence-electron chi connectivity index (χ1n) is 9.67. The Morgan fingerprint density at radius 2 is 1.86 bits per heavy atom. The number of aromatic nitrogens is 1. The van der Waals surface area contributed by atoms with Crippen LogP contribution >= 0.6 is 22.9 Å². The fourth-order valence-electron chi connectivity index (χ4n) is 3.38. The summed E-state index contributed by atoms with van der Waals surface area (Å²) in [6.45, 7) is 5.12. The number of carbonyl (C=O) groups excluding carboxylic acids is 1. The molecule has 1 N–H and O–H groups in total. The van der Waals surface area contributed by atoms with Crippen LogP contribution < -0.4 is 10.2 Å². The van der Waals surface area contributed by atoms with Gasteiger partial charge in [-0.15, -0.1) is 11.3 Å². The summed E-state index contributed by atoms with van der Waals surface area (Å²) in [5.74, 6) is -0.123. The molecule has 1 amide bonds. The van der Waals surface area contributed by atoms with E-state index in [0.717, 1.165) is 48.3 Å². The quantitative estimate of drug-likeness (QED) is 0.646. The molecular formula is C22H23ClN4OS. The highest BCUT2D eigenvalue weighted by Crippen LogP contribution is 2.21. The van der Waals surface area contributed by atoms with E-state index in [0.29, 0.717) is 12.2 Å². The molecular weight excluding hydrogens is 404 g/mol. The maximum Gasteiger partial charge on any atom is 0.271 e. The van der Waals surface area contributed by atoms with Gasteiger partial charge in [0.15, 0.2) is 0 Å². The first-order chi connectivity index (χ1) is 14.2. The number of thiazole rings is 1. The Hall–Kier alpha value is -2.41. The lowest BCUT2D eigenvalue weighted by Gasteiger charge is -2.35. The minimum atomic E-state index is -0.123. The number of hydrogen-bond donors (Lipinski definition) is 1. The molecule has 1 fully saturated rings. The molecule has 2 heterocycles. The molecule has 1 aliphatic rings. The normalized spacial score (nSPS) is 14.7. The standard InChI is InChI=1S/C22H23ClN4OS/c23-18-7-4-8-19(13-18)27-11-9-26(10-12-27)15-21-25-20(16-29-21)22(28)24-14-17-5-2-1-3-6-17/h1-8,13,16H,9-12,14-15H2,(H,24,28). The number of piperazine rings is 1. The van der Waals surface area contributed by atoms with Gasteiger partial charge < -0.3 is 10.2 Å². The maximum atomic E-state index is 12.4. The van der Waals surface area contributed by atoms with E-state index in [1.807, 2.05) is 53.9 Å². The van der Waals surface area contributed by atoms with Gasteiger partial charge in [-0.1, -0.05) is 48.0 Å². The highest BCUT2D eigenvalue weighted by molar-refractivity contribution is 7.09. The predicted octanol–water partition coefficient (Wildman–Crippen LogP) is 4.05. The van der Waals surface area contributed by atoms with Gasteiger partial charge >= 0.3 is 0 Å². The number of rotatable bonds is 6. The molecule has 7 heteroatoms. The van der Waals surface area contributed by atoms with Crippen molar-refractivity contribution in [3.63, 3.8) is 0 Å². The third-order valence-corrected chi connectivity index (χ3v) is 6.05. The number of carbonyl (C=O) groups is 1. The Balaban J connectivity index is 1.27. The summed E-state index contributed by atoms with van der Waals surface area (Å²) in [6, 6.07) is 17.9. The Kier molecular flexibility index (Phi) is 6.44. The van der Waals surface area contributed by atoms with Crippen molar-refractivity contribution in [2.45, 2.75) is 13.1 Å². The summed E-state index contributed by atoms with van der Waals surface area (Å²) in [5, 5.41) is 6.53. The van der Waals surface area contributed by atoms with Gasteiger partial charge in [0.2, 0.25) is 0 Å². The lowest BCUT2D eigenvalue weighted by molar-refractivity contribution is 0.0946. The van der Waals surface area contributed by atoms with Gasteiger partial charge in [0.1, 0.15) is 10.7 Å². The summed E-state index contributed by atoms with van der Waals surface area (Å²) in [4.78, 5) is 21.6. The lowest BCUT2D eigenvalue weighted by atomic mass is 10.2. The number of hydrogen-bond acceptors (Lipinski definition) is 5. The summed E-state index contributed by atoms with van der Waals surface area (Å²) in [6.07, 6.45) is 0. The van der Waals surface area contributed by atoms with Crippen molar-refractivity contribution < 1.29 is 4.79 Å². The molecule has 1 aliphatic heterocycles. The first-order valence-corrected chi connectivity index (χ1v) is 10.9. The van der Waals surface area contributed by atoms with Gasteiger partial charge in [-0.25, -0.2) is 4.98 Å². The monoisotopic (exact) mass is 426 g/mol. The van der Waals surface area contributed by atoms with Crippen LogP contribution in [0.3, 0.4) is 0 Å². The summed E-state index contributed by atoms with van der Waals surface area (Å²) < 4.78 is 0. The molecule has 0 bridgehead atoms. The third kappa shape index (κ3) is 5.35. The fourth-order valence-corrected chi connectivity index (χ4v) is 4.38. The van der Waals surface area contributed by atoms with E-state index >= 15 is 0 Å². The molecule has 4 rings (SSSR count). The molecule has 29 heavy (non-hydrogen) atoms. The van der Waals surface area contributed by atoms with Crippen molar-refractivity contribution >= 4 is 34.5 Å². The van der Waals surface area contributed by atoms with Crippen molar-refractivity contribution in [3.8, 4) is 0 Å². The zero-order chi connectivity index (χ0) is 20.1. The Morgan fingerprint density at radius 3 is 2.62 bits per heavy atom. The van der Waals surface area contributed by atoms with E-state index in [-0.39, 0.29) is 5.91 Å². The average Bonchev–Trinajstić information content (AvgIpc) is 3.22. The molecule has 150 valence electrons. The maximum absolute atomic E-state index is 12.4. The largest absolute Gasteiger partial charge is 0.369 e. The van der Waals surface area contributed by atoms with Gasteiger partial charge in [0, 0.05) is 48.8 Å². The molecule has 0 aliphatic carbocycles. The smallest absolute Gasteiger partial charge is 0.271 e. The van der Waals surface area contributed by atoms with Crippen LogP contribution in [0.4, 0.5) is 5.69 Å². The summed E-state index contributed by atoms with van der Waals surface area (Å²) in [7, 11) is 0. The van der Waals surface area contributed by atoms with Crippen molar-refractivity contribution in [2.24, 2.45) is 0 Å². The highest BCUT2D eigenvalue weighted by atomic mass is 35.5. The second-order valence-corrected chi connectivity index (χ2v) is 8.42. The number of benzene rings is 2. The first kappa shape index (κ1) is 19.9. The average molecular weight is 427 g/mol. The number of nitrogens with one attached hydrogen (secondary N) is 1. The Morgan fingerprint density at radius 1 is 1.07 bits per heavy atom. The minimum Gasteiger partial charge on any atom is -0.369 e. The molecule has 3 aromatic rings. The zero-order valence-electron chi connectivity index (χ0n) is 16.1. The minimum absolute atomic E-state index is 0.123. The molecule has 1 saturated heterocycles. The molecule has 0 unspecified atom stereocenters. The fraction of sp³-hybridized carbons (Fsp3) is 0.273. The van der Waals surface area contributed by atoms with Gasteiger partial charge in [-0.05, 0) is 23.8 Å². The zero-order valence-corrected chi connectivity index (χ0v) is 17.6. The van der Waals surface area contributed by atoms with Gasteiger partial charge in [0.25, 0.3) is 5.91 Å². The van der Waals surface area contributed by atoms with Crippen LogP contribution in [0.2, 0.25) is 5.02 Å². The molecule has 0 atom stereocenters. The van der Waals surface area contributed by atoms with Crippen molar-refractivity contribution in [2.75, 3.05) is 31.1 Å². The van der Waals surface area contributed by atoms with Crippen LogP contribution in [0.5, 0.6) is 0 Å². The topological polar surface area (TPSA) is 48.5 Å². The number of amides is 1. The highest BCUT2D eigenvalue weighted by Gasteiger charge is 2.19. The molecule has 0 spiro atoms. The molecule has 0 radical (unpaired) electrons. The van der Waals surface area contributed by atoms with Crippen LogP contribution in [-0.4, -0.2) is 42.0 Å². The molecule has 1 aromatic heterocycles. The van der Waals surface area contributed by atoms with Gasteiger partial charge in [-0.2, -0.15) is 0 Å². The predicted molar refractivity (Wildman–Crippen MR) is 119 cm³/mol. The third-order valence-electron chi connectivity index (χ3n) is 4.98. The van der Waals surface area contributed by atoms with Gasteiger partial charge in [0.05, 0.1) is 6.54 Å². The van der Waals surface area contributed by atoms with Crippen molar-refractivity contribution in [3.05, 3.63) is 81.3 Å². The van der Waals surface area contributed by atoms with E-state index in [1.165, 1.54) is 5.69 Å². The number of anilines is 1. The van der Waals surface area contributed by atoms with Crippen LogP contribution in [0.25, 0.3) is 0 Å². The van der Waals surface area contributed by atoms with E-state index in [1.54, 1.807) is 11.3 Å². The van der Waals surface area contributed by atoms with E-state index in [9.17, 15) is 4.79 Å². The number of nitrogens with zero attached hydrogens (tertiary/aromatic N) is 3. The van der Waals surface area contributed by atoms with Crippen molar-refractivity contribution in [1.29, 1.82) is 0 Å². The van der Waals surface area contributed by atoms with Crippen LogP contribution in [0, 0.1) is 0 Å². The summed E-state index contributed by atoms with van der Waals surface area (Å²) >= 11 is 7.66. The van der Waals surface area contributed by atoms with Crippen LogP contribution in [0.15, 0.2) is 60.0 Å². The summed E-state index contributed by atoms with van der Waals surface area (Å²) in [5.41, 5.74) is 2.75. The Labute approximate surface area is 179 Å². The van der Waals surface area contributed by atoms with E-state index in [2.05, 4.69) is 26.2 Å².